The van der Waals surface area contributed by atoms with E-state index in [1.807, 2.05) is 30.2 Å². The van der Waals surface area contributed by atoms with Gasteiger partial charge < -0.3 is 10.0 Å². The molecule has 150 valence electrons. The maximum Gasteiger partial charge on any atom is 0.313 e. The quantitative estimate of drug-likeness (QED) is 0.525. The molecule has 1 aliphatic heterocycles. The van der Waals surface area contributed by atoms with E-state index in [0.717, 1.165) is 30.1 Å². The molecule has 0 amide bonds. The normalized spacial score (nSPS) is 16.5. The molecule has 0 saturated heterocycles. The fraction of sp³-hybridized carbons (Fsp3) is 0.381. The molecule has 0 bridgehead atoms. The van der Waals surface area contributed by atoms with Gasteiger partial charge >= 0.3 is 5.97 Å². The second kappa shape index (κ2) is 9.94. The summed E-state index contributed by atoms with van der Waals surface area (Å²) in [5.74, 6) is 1.37. The van der Waals surface area contributed by atoms with Crippen LogP contribution in [0.1, 0.15) is 18.9 Å². The zero-order valence-corrected chi connectivity index (χ0v) is 18.4. The van der Waals surface area contributed by atoms with Crippen molar-refractivity contribution in [2.75, 3.05) is 29.2 Å². The van der Waals surface area contributed by atoms with Gasteiger partial charge in [0.25, 0.3) is 0 Å². The lowest BCUT2D eigenvalue weighted by molar-refractivity contribution is -0.133. The minimum absolute atomic E-state index is 0.109. The van der Waals surface area contributed by atoms with Crippen LogP contribution in [-0.4, -0.2) is 35.4 Å². The fourth-order valence-corrected chi connectivity index (χ4v) is 5.95. The van der Waals surface area contributed by atoms with Gasteiger partial charge in [-0.15, -0.1) is 35.3 Å². The van der Waals surface area contributed by atoms with E-state index in [0.29, 0.717) is 11.7 Å². The Hall–Kier alpha value is -1.31. The molecule has 2 aromatic carbocycles. The molecule has 0 fully saturated rings. The van der Waals surface area contributed by atoms with Gasteiger partial charge in [0.2, 0.25) is 0 Å². The number of carbonyl (C=O) groups is 1. The first-order valence-electron chi connectivity index (χ1n) is 9.18. The van der Waals surface area contributed by atoms with Gasteiger partial charge in [-0.05, 0) is 54.1 Å². The number of carboxylic acids is 1. The average Bonchev–Trinajstić information content (AvgIpc) is 2.87. The minimum atomic E-state index is -0.784. The molecule has 2 aromatic rings. The maximum atomic E-state index is 13.4. The Kier molecular flexibility index (Phi) is 7.60. The first-order chi connectivity index (χ1) is 13.5. The summed E-state index contributed by atoms with van der Waals surface area (Å²) in [5.41, 5.74) is 3.34. The van der Waals surface area contributed by atoms with Gasteiger partial charge in [-0.25, -0.2) is 4.39 Å². The number of anilines is 2. The van der Waals surface area contributed by atoms with Crippen molar-refractivity contribution in [2.24, 2.45) is 5.92 Å². The van der Waals surface area contributed by atoms with Crippen molar-refractivity contribution in [3.63, 3.8) is 0 Å². The zero-order valence-electron chi connectivity index (χ0n) is 16.0. The van der Waals surface area contributed by atoms with Crippen molar-refractivity contribution >= 4 is 52.6 Å². The van der Waals surface area contributed by atoms with Gasteiger partial charge in [0.1, 0.15) is 5.82 Å². The lowest BCUT2D eigenvalue weighted by atomic mass is 10.1. The third-order valence-electron chi connectivity index (χ3n) is 4.77. The van der Waals surface area contributed by atoms with Crippen LogP contribution < -0.4 is 4.90 Å². The van der Waals surface area contributed by atoms with Crippen LogP contribution in [0.5, 0.6) is 0 Å². The van der Waals surface area contributed by atoms with E-state index in [-0.39, 0.29) is 11.6 Å². The van der Waals surface area contributed by atoms with Crippen molar-refractivity contribution in [1.29, 1.82) is 0 Å². The van der Waals surface area contributed by atoms with E-state index >= 15 is 0 Å². The molecule has 1 heterocycles. The molecule has 0 saturated carbocycles. The number of halogens is 1. The number of rotatable bonds is 7. The molecule has 1 aliphatic rings. The highest BCUT2D eigenvalue weighted by Gasteiger charge is 2.24. The van der Waals surface area contributed by atoms with Crippen LogP contribution in [0.3, 0.4) is 0 Å². The van der Waals surface area contributed by atoms with Crippen molar-refractivity contribution < 1.29 is 14.3 Å². The number of carboxylic acid groups (broad SMARTS) is 1. The van der Waals surface area contributed by atoms with Crippen LogP contribution >= 0.6 is 35.3 Å². The van der Waals surface area contributed by atoms with E-state index in [9.17, 15) is 9.18 Å². The number of thioether (sulfide) groups is 3. The zero-order chi connectivity index (χ0) is 20.1. The summed E-state index contributed by atoms with van der Waals surface area (Å²) in [6.07, 6.45) is 3.14. The first-order valence-corrected chi connectivity index (χ1v) is 12.5. The maximum absolute atomic E-state index is 13.4. The summed E-state index contributed by atoms with van der Waals surface area (Å²) in [7, 11) is 0. The summed E-state index contributed by atoms with van der Waals surface area (Å²) in [5, 5.41) is 8.92. The monoisotopic (exact) mass is 437 g/mol. The SMILES string of the molecule is CCC1CSc2cc(CSCC(=O)O)c(SC)cc2N(c2ccc(F)cc2)C1. The van der Waals surface area contributed by atoms with Crippen LogP contribution in [0.15, 0.2) is 46.2 Å². The average molecular weight is 438 g/mol. The largest absolute Gasteiger partial charge is 0.481 e. The van der Waals surface area contributed by atoms with Crippen LogP contribution in [-0.2, 0) is 10.5 Å². The molecule has 7 heteroatoms. The minimum Gasteiger partial charge on any atom is -0.481 e. The summed E-state index contributed by atoms with van der Waals surface area (Å²) in [6, 6.07) is 11.1. The van der Waals surface area contributed by atoms with Gasteiger partial charge in [-0.1, -0.05) is 13.3 Å². The van der Waals surface area contributed by atoms with Gasteiger partial charge in [0.05, 0.1) is 11.4 Å². The lowest BCUT2D eigenvalue weighted by Gasteiger charge is -2.28. The van der Waals surface area contributed by atoms with Gasteiger partial charge in [0, 0.05) is 33.5 Å². The number of hydrogen-bond donors (Lipinski definition) is 1. The van der Waals surface area contributed by atoms with Crippen LogP contribution in [0.25, 0.3) is 0 Å². The summed E-state index contributed by atoms with van der Waals surface area (Å²) >= 11 is 4.98. The Balaban J connectivity index is 1.99. The fourth-order valence-electron chi connectivity index (χ4n) is 3.20. The van der Waals surface area contributed by atoms with Crippen molar-refractivity contribution in [3.05, 3.63) is 47.8 Å². The Labute approximate surface area is 178 Å². The molecule has 1 unspecified atom stereocenters. The van der Waals surface area contributed by atoms with Gasteiger partial charge in [-0.2, -0.15) is 0 Å². The van der Waals surface area contributed by atoms with Crippen molar-refractivity contribution in [3.8, 4) is 0 Å². The molecule has 0 spiro atoms. The topological polar surface area (TPSA) is 40.5 Å². The highest BCUT2D eigenvalue weighted by Crippen LogP contribution is 2.43. The predicted molar refractivity (Wildman–Crippen MR) is 120 cm³/mol. The number of hydrogen-bond acceptors (Lipinski definition) is 5. The highest BCUT2D eigenvalue weighted by molar-refractivity contribution is 8.00. The third-order valence-corrected chi connectivity index (χ3v) is 7.83. The summed E-state index contributed by atoms with van der Waals surface area (Å²) < 4.78 is 13.4. The number of fused-ring (bicyclic) bond motifs is 1. The molecule has 1 N–H and O–H groups in total. The van der Waals surface area contributed by atoms with E-state index < -0.39 is 5.97 Å². The highest BCUT2D eigenvalue weighted by atomic mass is 32.2. The Morgan fingerprint density at radius 2 is 2.07 bits per heavy atom. The summed E-state index contributed by atoms with van der Waals surface area (Å²) in [4.78, 5) is 15.5. The molecule has 0 aromatic heterocycles. The molecule has 3 nitrogen and oxygen atoms in total. The summed E-state index contributed by atoms with van der Waals surface area (Å²) in [6.45, 7) is 3.12. The van der Waals surface area contributed by atoms with Crippen LogP contribution in [0.4, 0.5) is 15.8 Å². The van der Waals surface area contributed by atoms with Crippen LogP contribution in [0.2, 0.25) is 0 Å². The number of benzene rings is 2. The van der Waals surface area contributed by atoms with Crippen molar-refractivity contribution in [1.82, 2.24) is 0 Å². The van der Waals surface area contributed by atoms with Gasteiger partial charge in [0.15, 0.2) is 0 Å². The second-order valence-corrected chi connectivity index (χ2v) is 9.59. The smallest absolute Gasteiger partial charge is 0.313 e. The molecular formula is C21H24FNO2S3. The van der Waals surface area contributed by atoms with E-state index in [1.54, 1.807) is 11.8 Å². The molecule has 0 radical (unpaired) electrons. The molecule has 3 rings (SSSR count). The van der Waals surface area contributed by atoms with E-state index in [2.05, 4.69) is 24.0 Å². The molecule has 0 aliphatic carbocycles. The lowest BCUT2D eigenvalue weighted by Crippen LogP contribution is -2.24. The Morgan fingerprint density at radius 1 is 1.32 bits per heavy atom. The van der Waals surface area contributed by atoms with Gasteiger partial charge in [-0.3, -0.25) is 4.79 Å². The third kappa shape index (κ3) is 5.19. The second-order valence-electron chi connectivity index (χ2n) is 6.69. The first kappa shape index (κ1) is 21.4. The van der Waals surface area contributed by atoms with Crippen LogP contribution in [0, 0.1) is 11.7 Å². The Bertz CT molecular complexity index is 829. The number of nitrogens with zero attached hydrogens (tertiary/aromatic N) is 1. The molecule has 28 heavy (non-hydrogen) atoms. The van der Waals surface area contributed by atoms with E-state index in [4.69, 9.17) is 5.11 Å². The molecule has 1 atom stereocenters. The standard InChI is InChI=1S/C21H24FNO2S3/c1-3-14-10-23(17-6-4-16(22)5-7-17)18-9-19(26-2)15(8-20(18)28-11-14)12-27-13-21(24)25/h4-9,14H,3,10-13H2,1-2H3,(H,24,25). The number of aliphatic carboxylic acids is 1. The predicted octanol–water partition coefficient (Wildman–Crippen LogP) is 6.14. The van der Waals surface area contributed by atoms with E-state index in [1.165, 1.54) is 39.2 Å². The molecular weight excluding hydrogens is 413 g/mol. The Morgan fingerprint density at radius 3 is 2.71 bits per heavy atom. The van der Waals surface area contributed by atoms with Crippen molar-refractivity contribution in [2.45, 2.75) is 28.9 Å².